The van der Waals surface area contributed by atoms with E-state index in [0.717, 1.165) is 11.6 Å². The summed E-state index contributed by atoms with van der Waals surface area (Å²) in [6.07, 6.45) is 7.56. The number of phenols is 1. The molecule has 0 atom stereocenters. The van der Waals surface area contributed by atoms with Crippen LogP contribution in [0.2, 0.25) is 13.1 Å². The molecule has 0 heterocycles. The van der Waals surface area contributed by atoms with Crippen molar-refractivity contribution >= 4 is 13.3 Å². The van der Waals surface area contributed by atoms with Gasteiger partial charge < -0.3 is 5.11 Å². The molecular weight excluding hydrogens is 200 g/mol. The van der Waals surface area contributed by atoms with E-state index in [1.165, 1.54) is 5.20 Å². The quantitative estimate of drug-likeness (QED) is 0.754. The van der Waals surface area contributed by atoms with Gasteiger partial charge in [-0.3, -0.25) is 0 Å². The first-order valence-electron chi connectivity index (χ1n) is 5.27. The molecule has 0 saturated heterocycles. The molecular formula is C13H16OSi. The van der Waals surface area contributed by atoms with Gasteiger partial charge in [-0.25, -0.2) is 0 Å². The average Bonchev–Trinajstić information content (AvgIpc) is 2.71. The van der Waals surface area contributed by atoms with Crippen LogP contribution in [0.25, 0.3) is 0 Å². The van der Waals surface area contributed by atoms with E-state index in [9.17, 15) is 5.11 Å². The summed E-state index contributed by atoms with van der Waals surface area (Å²) < 4.78 is 0. The Morgan fingerprint density at radius 1 is 1.20 bits per heavy atom. The first-order chi connectivity index (χ1) is 7.12. The molecule has 0 saturated carbocycles. The summed E-state index contributed by atoms with van der Waals surface area (Å²) in [7, 11) is -1.64. The zero-order chi connectivity index (χ0) is 10.9. The summed E-state index contributed by atoms with van der Waals surface area (Å²) in [5, 5.41) is 12.5. The molecule has 1 aliphatic carbocycles. The second-order valence-corrected chi connectivity index (χ2v) is 8.90. The first-order valence-corrected chi connectivity index (χ1v) is 8.27. The Bertz CT molecular complexity index is 430. The van der Waals surface area contributed by atoms with Crippen molar-refractivity contribution in [2.45, 2.75) is 19.5 Å². The maximum atomic E-state index is 9.89. The van der Waals surface area contributed by atoms with E-state index in [4.69, 9.17) is 0 Å². The standard InChI is InChI=1S/C13H16OSi/c1-15(2,11-7-3-4-8-11)13-10-6-5-9-12(13)14/h3-7,9-10,14H,8H2,1-2H3. The summed E-state index contributed by atoms with van der Waals surface area (Å²) in [5.41, 5.74) is 0. The Labute approximate surface area is 91.8 Å². The highest BCUT2D eigenvalue weighted by molar-refractivity contribution is 6.96. The van der Waals surface area contributed by atoms with E-state index in [2.05, 4.69) is 37.4 Å². The molecule has 2 rings (SSSR count). The van der Waals surface area contributed by atoms with Gasteiger partial charge in [0, 0.05) is 0 Å². The van der Waals surface area contributed by atoms with Crippen LogP contribution in [-0.4, -0.2) is 13.2 Å². The Morgan fingerprint density at radius 3 is 2.53 bits per heavy atom. The van der Waals surface area contributed by atoms with Crippen LogP contribution < -0.4 is 5.19 Å². The second kappa shape index (κ2) is 3.70. The lowest BCUT2D eigenvalue weighted by molar-refractivity contribution is 0.479. The minimum atomic E-state index is -1.64. The van der Waals surface area contributed by atoms with Crippen LogP contribution in [-0.2, 0) is 0 Å². The molecule has 78 valence electrons. The molecule has 0 radical (unpaired) electrons. The van der Waals surface area contributed by atoms with E-state index in [-0.39, 0.29) is 0 Å². The predicted octanol–water partition coefficient (Wildman–Crippen LogP) is 2.73. The topological polar surface area (TPSA) is 20.2 Å². The normalized spacial score (nSPS) is 15.5. The van der Waals surface area contributed by atoms with Crippen LogP contribution in [0.15, 0.2) is 47.7 Å². The average molecular weight is 216 g/mol. The largest absolute Gasteiger partial charge is 0.508 e. The fraction of sp³-hybridized carbons (Fsp3) is 0.231. The molecule has 0 aromatic heterocycles. The fourth-order valence-corrected chi connectivity index (χ4v) is 4.81. The summed E-state index contributed by atoms with van der Waals surface area (Å²) in [5.74, 6) is 0.446. The molecule has 2 heteroatoms. The summed E-state index contributed by atoms with van der Waals surface area (Å²) in [4.78, 5) is 0. The summed E-state index contributed by atoms with van der Waals surface area (Å²) in [6.45, 7) is 4.59. The third kappa shape index (κ3) is 1.77. The van der Waals surface area contributed by atoms with Gasteiger partial charge in [-0.2, -0.15) is 0 Å². The lowest BCUT2D eigenvalue weighted by Crippen LogP contribution is -2.43. The fourth-order valence-electron chi connectivity index (χ4n) is 2.09. The van der Waals surface area contributed by atoms with Gasteiger partial charge in [-0.05, 0) is 17.7 Å². The Morgan fingerprint density at radius 2 is 1.93 bits per heavy atom. The highest BCUT2D eigenvalue weighted by Crippen LogP contribution is 2.25. The zero-order valence-electron chi connectivity index (χ0n) is 9.20. The number of hydrogen-bond donors (Lipinski definition) is 1. The Kier molecular flexibility index (Phi) is 2.53. The summed E-state index contributed by atoms with van der Waals surface area (Å²) >= 11 is 0. The number of para-hydroxylation sites is 1. The summed E-state index contributed by atoms with van der Waals surface area (Å²) in [6, 6.07) is 7.73. The van der Waals surface area contributed by atoms with Crippen LogP contribution in [0, 0.1) is 0 Å². The Hall–Kier alpha value is -1.28. The highest BCUT2D eigenvalue weighted by Gasteiger charge is 2.30. The van der Waals surface area contributed by atoms with E-state index in [1.807, 2.05) is 12.1 Å². The van der Waals surface area contributed by atoms with Crippen molar-refractivity contribution in [2.24, 2.45) is 0 Å². The van der Waals surface area contributed by atoms with E-state index in [0.29, 0.717) is 5.75 Å². The van der Waals surface area contributed by atoms with Crippen LogP contribution in [0.5, 0.6) is 5.75 Å². The van der Waals surface area contributed by atoms with Crippen molar-refractivity contribution in [1.29, 1.82) is 0 Å². The molecule has 1 aliphatic rings. The van der Waals surface area contributed by atoms with Crippen LogP contribution >= 0.6 is 0 Å². The molecule has 0 amide bonds. The lowest BCUT2D eigenvalue weighted by atomic mass is 10.3. The van der Waals surface area contributed by atoms with Gasteiger partial charge in [0.25, 0.3) is 0 Å². The molecule has 15 heavy (non-hydrogen) atoms. The van der Waals surface area contributed by atoms with E-state index in [1.54, 1.807) is 6.07 Å². The smallest absolute Gasteiger partial charge is 0.115 e. The third-order valence-corrected chi connectivity index (χ3v) is 6.90. The number of aromatic hydroxyl groups is 1. The van der Waals surface area contributed by atoms with E-state index < -0.39 is 8.07 Å². The number of allylic oxidation sites excluding steroid dienone is 4. The van der Waals surface area contributed by atoms with Crippen molar-refractivity contribution in [3.05, 3.63) is 47.7 Å². The van der Waals surface area contributed by atoms with Crippen molar-refractivity contribution < 1.29 is 5.11 Å². The molecule has 0 spiro atoms. The molecule has 0 aliphatic heterocycles. The number of rotatable bonds is 2. The van der Waals surface area contributed by atoms with Crippen molar-refractivity contribution in [3.63, 3.8) is 0 Å². The van der Waals surface area contributed by atoms with Crippen LogP contribution in [0.3, 0.4) is 0 Å². The maximum Gasteiger partial charge on any atom is 0.115 e. The highest BCUT2D eigenvalue weighted by atomic mass is 28.3. The molecule has 1 N–H and O–H groups in total. The van der Waals surface area contributed by atoms with Gasteiger partial charge in [0.05, 0.1) is 0 Å². The van der Waals surface area contributed by atoms with Gasteiger partial charge in [0.2, 0.25) is 0 Å². The van der Waals surface area contributed by atoms with E-state index >= 15 is 0 Å². The molecule has 0 fully saturated rings. The second-order valence-electron chi connectivity index (χ2n) is 4.47. The van der Waals surface area contributed by atoms with Gasteiger partial charge in [-0.1, -0.05) is 54.7 Å². The van der Waals surface area contributed by atoms with Crippen LogP contribution in [0.1, 0.15) is 6.42 Å². The van der Waals surface area contributed by atoms with Crippen LogP contribution in [0.4, 0.5) is 0 Å². The third-order valence-electron chi connectivity index (χ3n) is 3.15. The van der Waals surface area contributed by atoms with Gasteiger partial charge in [0.15, 0.2) is 0 Å². The maximum absolute atomic E-state index is 9.89. The number of hydrogen-bond acceptors (Lipinski definition) is 1. The minimum absolute atomic E-state index is 0.446. The zero-order valence-corrected chi connectivity index (χ0v) is 10.2. The number of benzene rings is 1. The van der Waals surface area contributed by atoms with Crippen molar-refractivity contribution in [3.8, 4) is 5.75 Å². The van der Waals surface area contributed by atoms with Gasteiger partial charge >= 0.3 is 0 Å². The SMILES string of the molecule is C[Si](C)(C1=CC=CC1)c1ccccc1O. The molecule has 0 bridgehead atoms. The Balaban J connectivity index is 2.41. The first kappa shape index (κ1) is 10.2. The minimum Gasteiger partial charge on any atom is -0.508 e. The molecule has 1 nitrogen and oxygen atoms in total. The van der Waals surface area contributed by atoms with Crippen molar-refractivity contribution in [2.75, 3.05) is 0 Å². The lowest BCUT2D eigenvalue weighted by Gasteiger charge is -2.25. The number of phenolic OH excluding ortho intramolecular Hbond substituents is 1. The van der Waals surface area contributed by atoms with Gasteiger partial charge in [0.1, 0.15) is 13.8 Å². The molecule has 0 unspecified atom stereocenters. The molecule has 1 aromatic rings. The molecule has 1 aromatic carbocycles. The van der Waals surface area contributed by atoms with Gasteiger partial charge in [-0.15, -0.1) is 0 Å². The monoisotopic (exact) mass is 216 g/mol. The predicted molar refractivity (Wildman–Crippen MR) is 67.1 cm³/mol. The van der Waals surface area contributed by atoms with Crippen molar-refractivity contribution in [1.82, 2.24) is 0 Å².